The Hall–Kier alpha value is -3.01. The van der Waals surface area contributed by atoms with Gasteiger partial charge in [0.05, 0.1) is 12.8 Å². The molecule has 3 N–H and O–H groups in total. The number of urea groups is 1. The van der Waals surface area contributed by atoms with Gasteiger partial charge in [0.15, 0.2) is 5.76 Å². The topological polar surface area (TPSA) is 105 Å². The second kappa shape index (κ2) is 11.0. The number of hydrazone groups is 1. The van der Waals surface area contributed by atoms with Gasteiger partial charge in [-0.3, -0.25) is 0 Å². The quantitative estimate of drug-likeness (QED) is 0.182. The van der Waals surface area contributed by atoms with Crippen molar-refractivity contribution in [1.82, 2.24) is 5.43 Å². The molecule has 2 aromatic carbocycles. The van der Waals surface area contributed by atoms with Crippen LogP contribution in [0.1, 0.15) is 23.0 Å². The minimum absolute atomic E-state index is 0.00392. The first kappa shape index (κ1) is 23.6. The third kappa shape index (κ3) is 6.25. The molecular weight excluding hydrogens is 523 g/mol. The van der Waals surface area contributed by atoms with Gasteiger partial charge in [-0.05, 0) is 55.5 Å². The van der Waals surface area contributed by atoms with Crippen LogP contribution in [0.25, 0.3) is 0 Å². The first-order chi connectivity index (χ1) is 15.4. The molecule has 0 aliphatic rings. The molecule has 3 aromatic rings. The van der Waals surface area contributed by atoms with E-state index in [1.54, 1.807) is 55.5 Å². The molecule has 0 aliphatic heterocycles. The standard InChI is InChI=1S/C21H17BrCl2N4O4/c1-2-31-20(29)17-18(24)16(32-19(17)26-14-9-5-13(23)6-10-14)11-25-28-21(30)27-15-7-3-12(22)4-8-15/h3-11,26H,2H2,1H3,(H2,27,28,30)/b25-11-. The normalized spacial score (nSPS) is 10.8. The van der Waals surface area contributed by atoms with E-state index in [0.717, 1.165) is 4.47 Å². The second-order valence-electron chi connectivity index (χ2n) is 6.17. The monoisotopic (exact) mass is 538 g/mol. The average Bonchev–Trinajstić information content (AvgIpc) is 3.06. The highest BCUT2D eigenvalue weighted by atomic mass is 79.9. The van der Waals surface area contributed by atoms with E-state index in [-0.39, 0.29) is 28.8 Å². The summed E-state index contributed by atoms with van der Waals surface area (Å²) < 4.78 is 11.6. The van der Waals surface area contributed by atoms with Crippen molar-refractivity contribution in [2.45, 2.75) is 6.92 Å². The van der Waals surface area contributed by atoms with Gasteiger partial charge in [0.25, 0.3) is 0 Å². The van der Waals surface area contributed by atoms with Gasteiger partial charge in [-0.15, -0.1) is 0 Å². The van der Waals surface area contributed by atoms with Crippen LogP contribution >= 0.6 is 39.1 Å². The zero-order chi connectivity index (χ0) is 23.1. The van der Waals surface area contributed by atoms with Gasteiger partial charge in [-0.1, -0.05) is 39.1 Å². The highest BCUT2D eigenvalue weighted by molar-refractivity contribution is 9.10. The minimum Gasteiger partial charge on any atom is -0.462 e. The molecule has 1 aromatic heterocycles. The third-order valence-corrected chi connectivity index (χ3v) is 5.06. The molecule has 0 bridgehead atoms. The third-order valence-electron chi connectivity index (χ3n) is 3.91. The van der Waals surface area contributed by atoms with Gasteiger partial charge in [0.1, 0.15) is 10.6 Å². The summed E-state index contributed by atoms with van der Waals surface area (Å²) in [7, 11) is 0. The summed E-state index contributed by atoms with van der Waals surface area (Å²) in [5, 5.41) is 9.94. The summed E-state index contributed by atoms with van der Waals surface area (Å²) >= 11 is 15.6. The van der Waals surface area contributed by atoms with E-state index < -0.39 is 12.0 Å². The van der Waals surface area contributed by atoms with E-state index in [9.17, 15) is 9.59 Å². The fraction of sp³-hybridized carbons (Fsp3) is 0.0952. The van der Waals surface area contributed by atoms with Crippen LogP contribution in [0.3, 0.4) is 0 Å². The van der Waals surface area contributed by atoms with Crippen LogP contribution in [0.4, 0.5) is 22.1 Å². The molecule has 0 atom stereocenters. The number of nitrogens with zero attached hydrogens (tertiary/aromatic N) is 1. The van der Waals surface area contributed by atoms with Crippen molar-refractivity contribution in [3.63, 3.8) is 0 Å². The Balaban J connectivity index is 1.76. The molecule has 8 nitrogen and oxygen atoms in total. The number of hydrogen-bond acceptors (Lipinski definition) is 6. The molecule has 0 radical (unpaired) electrons. The first-order valence-electron chi connectivity index (χ1n) is 9.25. The highest BCUT2D eigenvalue weighted by Gasteiger charge is 2.25. The summed E-state index contributed by atoms with van der Waals surface area (Å²) in [5.74, 6) is -0.551. The fourth-order valence-electron chi connectivity index (χ4n) is 2.49. The van der Waals surface area contributed by atoms with Crippen LogP contribution in [-0.4, -0.2) is 24.8 Å². The van der Waals surface area contributed by atoms with E-state index >= 15 is 0 Å². The number of benzene rings is 2. The van der Waals surface area contributed by atoms with Gasteiger partial charge in [0, 0.05) is 20.9 Å². The van der Waals surface area contributed by atoms with Gasteiger partial charge < -0.3 is 19.8 Å². The number of nitrogens with one attached hydrogen (secondary N) is 3. The van der Waals surface area contributed by atoms with Crippen LogP contribution in [-0.2, 0) is 4.74 Å². The second-order valence-corrected chi connectivity index (χ2v) is 7.90. The van der Waals surface area contributed by atoms with E-state index in [0.29, 0.717) is 16.4 Å². The lowest BCUT2D eigenvalue weighted by Crippen LogP contribution is -2.24. The lowest BCUT2D eigenvalue weighted by atomic mass is 10.2. The molecule has 0 spiro atoms. The van der Waals surface area contributed by atoms with E-state index in [4.69, 9.17) is 32.4 Å². The largest absolute Gasteiger partial charge is 0.462 e. The Morgan fingerprint density at radius 3 is 2.41 bits per heavy atom. The predicted molar refractivity (Wildman–Crippen MR) is 128 cm³/mol. The van der Waals surface area contributed by atoms with Crippen LogP contribution in [0.15, 0.2) is 62.5 Å². The van der Waals surface area contributed by atoms with E-state index in [2.05, 4.69) is 37.1 Å². The SMILES string of the molecule is CCOC(=O)c1c(Nc2ccc(Cl)cc2)oc(/C=N\NC(=O)Nc2ccc(Br)cc2)c1Cl. The summed E-state index contributed by atoms with van der Waals surface area (Å²) in [5.41, 5.74) is 3.49. The molecular formula is C21H17BrCl2N4O4. The van der Waals surface area contributed by atoms with Gasteiger partial charge >= 0.3 is 12.0 Å². The maximum Gasteiger partial charge on any atom is 0.345 e. The Labute approximate surface area is 202 Å². The molecule has 11 heteroatoms. The number of rotatable bonds is 7. The number of esters is 1. The van der Waals surface area contributed by atoms with Crippen LogP contribution in [0, 0.1) is 0 Å². The average molecular weight is 540 g/mol. The summed E-state index contributed by atoms with van der Waals surface area (Å²) in [4.78, 5) is 24.4. The van der Waals surface area contributed by atoms with E-state index in [1.807, 2.05) is 0 Å². The molecule has 3 rings (SSSR count). The lowest BCUT2D eigenvalue weighted by Gasteiger charge is -2.06. The summed E-state index contributed by atoms with van der Waals surface area (Å²) in [6.45, 7) is 1.83. The maximum atomic E-state index is 12.4. The molecule has 0 fully saturated rings. The van der Waals surface area contributed by atoms with Gasteiger partial charge in [-0.2, -0.15) is 5.10 Å². The molecule has 0 saturated heterocycles. The van der Waals surface area contributed by atoms with E-state index in [1.165, 1.54) is 6.21 Å². The number of carbonyl (C=O) groups is 2. The molecule has 1 heterocycles. The van der Waals surface area contributed by atoms with Gasteiger partial charge in [0.2, 0.25) is 5.88 Å². The number of carbonyl (C=O) groups excluding carboxylic acids is 2. The molecule has 166 valence electrons. The van der Waals surface area contributed by atoms with Crippen molar-refractivity contribution in [3.8, 4) is 0 Å². The molecule has 0 aliphatic carbocycles. The number of amides is 2. The number of furan rings is 1. The number of ether oxygens (including phenoxy) is 1. The van der Waals surface area contributed by atoms with Crippen molar-refractivity contribution in [3.05, 3.63) is 74.4 Å². The van der Waals surface area contributed by atoms with Crippen molar-refractivity contribution >= 4 is 74.6 Å². The molecule has 32 heavy (non-hydrogen) atoms. The number of anilines is 3. The number of halogens is 3. The van der Waals surface area contributed by atoms with Crippen LogP contribution < -0.4 is 16.1 Å². The maximum absolute atomic E-state index is 12.4. The van der Waals surface area contributed by atoms with Crippen molar-refractivity contribution in [2.24, 2.45) is 5.10 Å². The van der Waals surface area contributed by atoms with Crippen LogP contribution in [0.5, 0.6) is 0 Å². The van der Waals surface area contributed by atoms with Crippen molar-refractivity contribution in [2.75, 3.05) is 17.2 Å². The highest BCUT2D eigenvalue weighted by Crippen LogP contribution is 2.34. The van der Waals surface area contributed by atoms with Gasteiger partial charge in [-0.25, -0.2) is 15.0 Å². The van der Waals surface area contributed by atoms with Crippen molar-refractivity contribution < 1.29 is 18.7 Å². The Morgan fingerprint density at radius 1 is 1.09 bits per heavy atom. The molecule has 0 saturated carbocycles. The Kier molecular flexibility index (Phi) is 8.15. The van der Waals surface area contributed by atoms with Crippen LogP contribution in [0.2, 0.25) is 10.0 Å². The first-order valence-corrected chi connectivity index (χ1v) is 10.8. The lowest BCUT2D eigenvalue weighted by molar-refractivity contribution is 0.0527. The summed E-state index contributed by atoms with van der Waals surface area (Å²) in [6, 6.07) is 13.2. The summed E-state index contributed by atoms with van der Waals surface area (Å²) in [6.07, 6.45) is 1.18. The zero-order valence-corrected chi connectivity index (χ0v) is 19.7. The molecule has 0 unspecified atom stereocenters. The zero-order valence-electron chi connectivity index (χ0n) is 16.6. The predicted octanol–water partition coefficient (Wildman–Crippen LogP) is 6.42. The Morgan fingerprint density at radius 2 is 1.75 bits per heavy atom. The smallest absolute Gasteiger partial charge is 0.345 e. The Bertz CT molecular complexity index is 1130. The fourth-order valence-corrected chi connectivity index (χ4v) is 3.13. The minimum atomic E-state index is -0.668. The van der Waals surface area contributed by atoms with Crippen molar-refractivity contribution in [1.29, 1.82) is 0 Å². The number of hydrogen-bond donors (Lipinski definition) is 3. The molecule has 2 amide bonds.